The van der Waals surface area contributed by atoms with E-state index < -0.39 is 11.5 Å². The van der Waals surface area contributed by atoms with Crippen LogP contribution in [0.5, 0.6) is 5.75 Å². The third-order valence-electron chi connectivity index (χ3n) is 6.60. The van der Waals surface area contributed by atoms with Gasteiger partial charge in [0.25, 0.3) is 5.91 Å². The van der Waals surface area contributed by atoms with Crippen molar-refractivity contribution in [2.45, 2.75) is 53.7 Å². The number of thiazole rings is 1. The van der Waals surface area contributed by atoms with E-state index in [4.69, 9.17) is 4.74 Å². The molecule has 4 rings (SSSR count). The van der Waals surface area contributed by atoms with E-state index in [-0.39, 0.29) is 24.2 Å². The summed E-state index contributed by atoms with van der Waals surface area (Å²) in [5, 5.41) is 2.47. The van der Waals surface area contributed by atoms with Gasteiger partial charge in [-0.15, -0.1) is 11.3 Å². The maximum Gasteiger partial charge on any atom is 0.273 e. The summed E-state index contributed by atoms with van der Waals surface area (Å²) in [4.78, 5) is 34.0. The molecule has 1 aliphatic heterocycles. The number of fused-ring (bicyclic) bond motifs is 1. The van der Waals surface area contributed by atoms with Crippen LogP contribution in [0.2, 0.25) is 0 Å². The summed E-state index contributed by atoms with van der Waals surface area (Å²) in [6, 6.07) is 11.9. The monoisotopic (exact) mass is 523 g/mol. The molecule has 0 aliphatic carbocycles. The largest absolute Gasteiger partial charge is 0.486 e. The average molecular weight is 524 g/mol. The molecule has 8 heteroatoms. The van der Waals surface area contributed by atoms with Crippen molar-refractivity contribution < 1.29 is 18.7 Å². The Balaban J connectivity index is 1.60. The van der Waals surface area contributed by atoms with Crippen molar-refractivity contribution in [2.75, 3.05) is 19.6 Å². The van der Waals surface area contributed by atoms with Crippen LogP contribution in [0.4, 0.5) is 4.39 Å². The van der Waals surface area contributed by atoms with Crippen molar-refractivity contribution >= 4 is 23.2 Å². The highest BCUT2D eigenvalue weighted by molar-refractivity contribution is 7.09. The maximum absolute atomic E-state index is 14.2. The fourth-order valence-corrected chi connectivity index (χ4v) is 5.34. The Labute approximate surface area is 222 Å². The number of aromatic nitrogens is 1. The van der Waals surface area contributed by atoms with Gasteiger partial charge in [0.15, 0.2) is 0 Å². The molecule has 0 unspecified atom stereocenters. The lowest BCUT2D eigenvalue weighted by molar-refractivity contribution is -0.141. The topological polar surface area (TPSA) is 62.7 Å². The standard InChI is InChI=1S/C29H34FN3O3S/c1-6-32(7-2)27(34)24-18-37-25(31-24)17-36-22-12-11-19-13-14-33(28(35)29(3,4)5)26(23(19)16-22)20-9-8-10-21(30)15-20/h8-12,15-16,18,26H,6-7,13-14,17H2,1-5H3/t26-/m1/s1. The molecule has 0 saturated carbocycles. The zero-order valence-corrected chi connectivity index (χ0v) is 22.9. The average Bonchev–Trinajstić information content (AvgIpc) is 3.35. The first-order valence-corrected chi connectivity index (χ1v) is 13.6. The molecule has 1 aromatic heterocycles. The van der Waals surface area contributed by atoms with Crippen LogP contribution in [-0.2, 0) is 17.8 Å². The van der Waals surface area contributed by atoms with E-state index in [9.17, 15) is 14.0 Å². The van der Waals surface area contributed by atoms with Gasteiger partial charge in [-0.3, -0.25) is 9.59 Å². The number of halogens is 1. The van der Waals surface area contributed by atoms with Crippen LogP contribution in [0.25, 0.3) is 0 Å². The number of nitrogens with zero attached hydrogens (tertiary/aromatic N) is 3. The number of carbonyl (C=O) groups is 2. The third-order valence-corrected chi connectivity index (χ3v) is 7.42. The molecule has 2 heterocycles. The summed E-state index contributed by atoms with van der Waals surface area (Å²) in [7, 11) is 0. The smallest absolute Gasteiger partial charge is 0.273 e. The van der Waals surface area contributed by atoms with Crippen LogP contribution in [0, 0.1) is 11.2 Å². The second-order valence-corrected chi connectivity index (χ2v) is 11.2. The predicted molar refractivity (Wildman–Crippen MR) is 143 cm³/mol. The first kappa shape index (κ1) is 26.8. The van der Waals surface area contributed by atoms with E-state index in [1.165, 1.54) is 23.5 Å². The maximum atomic E-state index is 14.2. The lowest BCUT2D eigenvalue weighted by Crippen LogP contribution is -2.45. The molecule has 0 saturated heterocycles. The normalized spacial score (nSPS) is 15.3. The first-order chi connectivity index (χ1) is 17.6. The molecule has 0 bridgehead atoms. The summed E-state index contributed by atoms with van der Waals surface area (Å²) in [5.41, 5.74) is 2.64. The molecule has 196 valence electrons. The van der Waals surface area contributed by atoms with Crippen LogP contribution in [0.1, 0.15) is 72.8 Å². The minimum atomic E-state index is -0.567. The van der Waals surface area contributed by atoms with Gasteiger partial charge in [0.1, 0.15) is 28.9 Å². The Hall–Kier alpha value is -3.26. The Morgan fingerprint density at radius 3 is 2.59 bits per heavy atom. The summed E-state index contributed by atoms with van der Waals surface area (Å²) < 4.78 is 20.3. The van der Waals surface area contributed by atoms with Crippen molar-refractivity contribution in [3.05, 3.63) is 81.1 Å². The number of benzene rings is 2. The molecular weight excluding hydrogens is 489 g/mol. The Kier molecular flexibility index (Phi) is 7.97. The number of carbonyl (C=O) groups excluding carboxylic acids is 2. The molecule has 3 aromatic rings. The molecular formula is C29H34FN3O3S. The third kappa shape index (κ3) is 5.85. The Bertz CT molecular complexity index is 1280. The van der Waals surface area contributed by atoms with Gasteiger partial charge < -0.3 is 14.5 Å². The van der Waals surface area contributed by atoms with Crippen LogP contribution in [0.15, 0.2) is 47.8 Å². The van der Waals surface area contributed by atoms with Gasteiger partial charge in [0.2, 0.25) is 5.91 Å². The Morgan fingerprint density at radius 1 is 1.16 bits per heavy atom. The van der Waals surface area contributed by atoms with Gasteiger partial charge >= 0.3 is 0 Å². The quantitative estimate of drug-likeness (QED) is 0.389. The van der Waals surface area contributed by atoms with Crippen LogP contribution in [-0.4, -0.2) is 46.2 Å². The molecule has 2 amide bonds. The number of ether oxygens (including phenoxy) is 1. The highest BCUT2D eigenvalue weighted by Crippen LogP contribution is 2.39. The van der Waals surface area contributed by atoms with Gasteiger partial charge in [-0.1, -0.05) is 39.0 Å². The molecule has 0 spiro atoms. The van der Waals surface area contributed by atoms with E-state index in [1.807, 2.05) is 63.8 Å². The molecule has 1 aliphatic rings. The number of hydrogen-bond acceptors (Lipinski definition) is 5. The lowest BCUT2D eigenvalue weighted by atomic mass is 9.85. The SMILES string of the molecule is CCN(CC)C(=O)c1csc(COc2ccc3c(c2)[C@@H](c2cccc(F)c2)N(C(=O)C(C)(C)C)CC3)n1. The summed E-state index contributed by atoms with van der Waals surface area (Å²) in [6.07, 6.45) is 0.715. The second kappa shape index (κ2) is 11.0. The fourth-order valence-electron chi connectivity index (χ4n) is 4.66. The number of rotatable bonds is 7. The van der Waals surface area contributed by atoms with Gasteiger partial charge in [0, 0.05) is 30.4 Å². The number of hydrogen-bond donors (Lipinski definition) is 0. The van der Waals surface area contributed by atoms with Crippen LogP contribution >= 0.6 is 11.3 Å². The van der Waals surface area contributed by atoms with Crippen molar-refractivity contribution in [3.63, 3.8) is 0 Å². The molecule has 37 heavy (non-hydrogen) atoms. The zero-order valence-electron chi connectivity index (χ0n) is 22.1. The highest BCUT2D eigenvalue weighted by atomic mass is 32.1. The van der Waals surface area contributed by atoms with E-state index in [2.05, 4.69) is 4.98 Å². The fraction of sp³-hybridized carbons (Fsp3) is 0.414. The summed E-state index contributed by atoms with van der Waals surface area (Å²) in [5.74, 6) is 0.241. The van der Waals surface area contributed by atoms with E-state index >= 15 is 0 Å². The minimum absolute atomic E-state index is 0.0203. The van der Waals surface area contributed by atoms with Gasteiger partial charge in [0.05, 0.1) is 6.04 Å². The Morgan fingerprint density at radius 2 is 1.92 bits per heavy atom. The molecule has 2 aromatic carbocycles. The zero-order chi connectivity index (χ0) is 26.7. The molecule has 6 nitrogen and oxygen atoms in total. The summed E-state index contributed by atoms with van der Waals surface area (Å²) in [6.45, 7) is 11.7. The van der Waals surface area contributed by atoms with E-state index in [0.29, 0.717) is 42.5 Å². The minimum Gasteiger partial charge on any atom is -0.486 e. The van der Waals surface area contributed by atoms with Crippen LogP contribution < -0.4 is 4.74 Å². The van der Waals surface area contributed by atoms with E-state index in [1.54, 1.807) is 16.3 Å². The van der Waals surface area contributed by atoms with Gasteiger partial charge in [-0.25, -0.2) is 9.37 Å². The molecule has 1 atom stereocenters. The first-order valence-electron chi connectivity index (χ1n) is 12.7. The van der Waals surface area contributed by atoms with Gasteiger partial charge in [-0.05, 0) is 61.2 Å². The molecule has 0 radical (unpaired) electrons. The van der Waals surface area contributed by atoms with E-state index in [0.717, 1.165) is 16.7 Å². The van der Waals surface area contributed by atoms with Crippen LogP contribution in [0.3, 0.4) is 0 Å². The number of amides is 2. The highest BCUT2D eigenvalue weighted by Gasteiger charge is 2.37. The van der Waals surface area contributed by atoms with Crippen molar-refractivity contribution in [1.29, 1.82) is 0 Å². The molecule has 0 N–H and O–H groups in total. The second-order valence-electron chi connectivity index (χ2n) is 10.2. The lowest BCUT2D eigenvalue weighted by Gasteiger charge is -2.41. The summed E-state index contributed by atoms with van der Waals surface area (Å²) >= 11 is 1.39. The van der Waals surface area contributed by atoms with Crippen molar-refractivity contribution in [3.8, 4) is 5.75 Å². The van der Waals surface area contributed by atoms with Crippen molar-refractivity contribution in [1.82, 2.24) is 14.8 Å². The predicted octanol–water partition coefficient (Wildman–Crippen LogP) is 5.86. The van der Waals surface area contributed by atoms with Crippen molar-refractivity contribution in [2.24, 2.45) is 5.41 Å². The molecule has 0 fully saturated rings. The van der Waals surface area contributed by atoms with Gasteiger partial charge in [-0.2, -0.15) is 0 Å².